The first kappa shape index (κ1) is 21.6. The first-order chi connectivity index (χ1) is 12.2. The molecule has 0 heterocycles. The molecule has 0 saturated carbocycles. The summed E-state index contributed by atoms with van der Waals surface area (Å²) in [5, 5.41) is 13.7. The van der Waals surface area contributed by atoms with Gasteiger partial charge in [-0.25, -0.2) is 0 Å². The van der Waals surface area contributed by atoms with Gasteiger partial charge in [0.15, 0.2) is 0 Å². The minimum Gasteiger partial charge on any atom is -0.469 e. The van der Waals surface area contributed by atoms with E-state index in [0.29, 0.717) is 30.3 Å². The van der Waals surface area contributed by atoms with E-state index in [1.807, 2.05) is 4.90 Å². The molecule has 1 aromatic rings. The average molecular weight is 365 g/mol. The van der Waals surface area contributed by atoms with Gasteiger partial charge in [-0.1, -0.05) is 19.9 Å². The molecule has 8 heteroatoms. The second kappa shape index (κ2) is 10.5. The first-order valence-corrected chi connectivity index (χ1v) is 8.57. The third kappa shape index (κ3) is 7.18. The molecule has 1 amide bonds. The smallest absolute Gasteiger partial charge is 0.306 e. The molecular formula is C18H27N3O5. The van der Waals surface area contributed by atoms with Crippen LogP contribution in [0, 0.1) is 23.0 Å². The highest BCUT2D eigenvalue weighted by molar-refractivity contribution is 5.92. The average Bonchev–Trinajstić information content (AvgIpc) is 2.58. The fraction of sp³-hybridized carbons (Fsp3) is 0.556. The van der Waals surface area contributed by atoms with E-state index in [2.05, 4.69) is 23.9 Å². The summed E-state index contributed by atoms with van der Waals surface area (Å²) >= 11 is 0. The van der Waals surface area contributed by atoms with Crippen LogP contribution >= 0.6 is 0 Å². The predicted octanol–water partition coefficient (Wildman–Crippen LogP) is 2.75. The normalized spacial score (nSPS) is 10.8. The number of benzene rings is 1. The van der Waals surface area contributed by atoms with Crippen molar-refractivity contribution in [3.05, 3.63) is 33.9 Å². The Kier molecular flexibility index (Phi) is 8.71. The summed E-state index contributed by atoms with van der Waals surface area (Å²) in [6.45, 7) is 7.52. The van der Waals surface area contributed by atoms with Crippen molar-refractivity contribution in [1.29, 1.82) is 0 Å². The van der Waals surface area contributed by atoms with Crippen molar-refractivity contribution >= 4 is 23.3 Å². The number of hydrogen-bond acceptors (Lipinski definition) is 6. The number of carbonyl (C=O) groups excluding carboxylic acids is 2. The predicted molar refractivity (Wildman–Crippen MR) is 99.0 cm³/mol. The second-order valence-electron chi connectivity index (χ2n) is 6.53. The van der Waals surface area contributed by atoms with Crippen LogP contribution in [-0.4, -0.2) is 48.4 Å². The molecule has 26 heavy (non-hydrogen) atoms. The number of nitro benzene ring substituents is 1. The van der Waals surface area contributed by atoms with Gasteiger partial charge in [0.05, 0.1) is 29.7 Å². The molecule has 144 valence electrons. The van der Waals surface area contributed by atoms with E-state index >= 15 is 0 Å². The summed E-state index contributed by atoms with van der Waals surface area (Å²) in [7, 11) is 1.35. The lowest BCUT2D eigenvalue weighted by atomic mass is 10.1. The molecule has 0 radical (unpaired) electrons. The van der Waals surface area contributed by atoms with Gasteiger partial charge in [0.2, 0.25) is 5.91 Å². The lowest BCUT2D eigenvalue weighted by Crippen LogP contribution is -2.33. The van der Waals surface area contributed by atoms with Crippen molar-refractivity contribution in [3.8, 4) is 0 Å². The van der Waals surface area contributed by atoms with Crippen molar-refractivity contribution in [2.45, 2.75) is 33.6 Å². The number of amides is 1. The summed E-state index contributed by atoms with van der Waals surface area (Å²) < 4.78 is 4.65. The third-order valence-corrected chi connectivity index (χ3v) is 3.91. The maximum absolute atomic E-state index is 12.2. The number of carbonyl (C=O) groups is 2. The van der Waals surface area contributed by atoms with Gasteiger partial charge in [0.1, 0.15) is 0 Å². The van der Waals surface area contributed by atoms with Crippen molar-refractivity contribution in [2.75, 3.05) is 32.1 Å². The fourth-order valence-corrected chi connectivity index (χ4v) is 2.59. The lowest BCUT2D eigenvalue weighted by molar-refractivity contribution is -0.385. The molecule has 0 aliphatic heterocycles. The Hall–Kier alpha value is -2.48. The van der Waals surface area contributed by atoms with Gasteiger partial charge in [-0.05, 0) is 18.9 Å². The van der Waals surface area contributed by atoms with Crippen LogP contribution in [0.1, 0.15) is 32.3 Å². The maximum Gasteiger partial charge on any atom is 0.306 e. The van der Waals surface area contributed by atoms with Gasteiger partial charge in [0, 0.05) is 32.1 Å². The third-order valence-electron chi connectivity index (χ3n) is 3.91. The SMILES string of the molecule is COC(=O)CCN(CCC(=O)Nc1cccc([N+](=O)[O-])c1C)CC(C)C. The molecular weight excluding hydrogens is 338 g/mol. The minimum absolute atomic E-state index is 0.0256. The molecule has 1 aromatic carbocycles. The Morgan fingerprint density at radius 2 is 1.92 bits per heavy atom. The molecule has 0 aromatic heterocycles. The van der Waals surface area contributed by atoms with E-state index in [1.165, 1.54) is 13.2 Å². The van der Waals surface area contributed by atoms with Gasteiger partial charge in [-0.2, -0.15) is 0 Å². The highest BCUT2D eigenvalue weighted by Gasteiger charge is 2.16. The molecule has 1 N–H and O–H groups in total. The largest absolute Gasteiger partial charge is 0.469 e. The fourth-order valence-electron chi connectivity index (χ4n) is 2.59. The molecule has 0 spiro atoms. The van der Waals surface area contributed by atoms with Crippen LogP contribution in [0.15, 0.2) is 18.2 Å². The number of nitro groups is 1. The van der Waals surface area contributed by atoms with Crippen LogP contribution in [0.5, 0.6) is 0 Å². The summed E-state index contributed by atoms with van der Waals surface area (Å²) in [4.78, 5) is 36.1. The van der Waals surface area contributed by atoms with Crippen molar-refractivity contribution < 1.29 is 19.2 Å². The Bertz CT molecular complexity index is 646. The second-order valence-corrected chi connectivity index (χ2v) is 6.53. The van der Waals surface area contributed by atoms with Crippen LogP contribution in [0.3, 0.4) is 0 Å². The zero-order chi connectivity index (χ0) is 19.7. The number of nitrogens with one attached hydrogen (secondary N) is 1. The molecule has 0 aliphatic carbocycles. The van der Waals surface area contributed by atoms with Crippen molar-refractivity contribution in [2.24, 2.45) is 5.92 Å². The molecule has 0 aliphatic rings. The van der Waals surface area contributed by atoms with Gasteiger partial charge < -0.3 is 15.0 Å². The number of rotatable bonds is 10. The quantitative estimate of drug-likeness (QED) is 0.389. The molecule has 0 bridgehead atoms. The topological polar surface area (TPSA) is 102 Å². The molecule has 0 fully saturated rings. The number of ether oxygens (including phenoxy) is 1. The van der Waals surface area contributed by atoms with Crippen LogP contribution in [0.25, 0.3) is 0 Å². The van der Waals surface area contributed by atoms with Gasteiger partial charge >= 0.3 is 5.97 Å². The summed E-state index contributed by atoms with van der Waals surface area (Å²) in [5.41, 5.74) is 0.840. The van der Waals surface area contributed by atoms with Gasteiger partial charge in [-0.3, -0.25) is 19.7 Å². The van der Waals surface area contributed by atoms with Crippen LogP contribution in [0.2, 0.25) is 0 Å². The van der Waals surface area contributed by atoms with E-state index in [-0.39, 0.29) is 30.4 Å². The standard InChI is InChI=1S/C18H27N3O5/c1-13(2)12-20(11-9-18(23)26-4)10-8-17(22)19-15-6-5-7-16(14(15)3)21(24)25/h5-7,13H,8-12H2,1-4H3,(H,19,22). The van der Waals surface area contributed by atoms with E-state index in [0.717, 1.165) is 6.54 Å². The monoisotopic (exact) mass is 365 g/mol. The van der Waals surface area contributed by atoms with Crippen LogP contribution in [0.4, 0.5) is 11.4 Å². The molecule has 0 atom stereocenters. The summed E-state index contributed by atoms with van der Waals surface area (Å²) in [6, 6.07) is 4.59. The zero-order valence-electron chi connectivity index (χ0n) is 15.8. The van der Waals surface area contributed by atoms with Crippen LogP contribution in [-0.2, 0) is 14.3 Å². The first-order valence-electron chi connectivity index (χ1n) is 8.57. The number of hydrogen-bond donors (Lipinski definition) is 1. The van der Waals surface area contributed by atoms with Crippen molar-refractivity contribution in [3.63, 3.8) is 0 Å². The van der Waals surface area contributed by atoms with Gasteiger partial charge in [-0.15, -0.1) is 0 Å². The Morgan fingerprint density at radius 3 is 2.50 bits per heavy atom. The van der Waals surface area contributed by atoms with Crippen molar-refractivity contribution in [1.82, 2.24) is 4.90 Å². The van der Waals surface area contributed by atoms with E-state index in [9.17, 15) is 19.7 Å². The Morgan fingerprint density at radius 1 is 1.27 bits per heavy atom. The summed E-state index contributed by atoms with van der Waals surface area (Å²) in [6.07, 6.45) is 0.505. The summed E-state index contributed by atoms with van der Waals surface area (Å²) in [5.74, 6) is -0.106. The van der Waals surface area contributed by atoms with E-state index in [4.69, 9.17) is 0 Å². The highest BCUT2D eigenvalue weighted by atomic mass is 16.6. The molecule has 8 nitrogen and oxygen atoms in total. The number of esters is 1. The Labute approximate surface area is 153 Å². The minimum atomic E-state index is -0.470. The van der Waals surface area contributed by atoms with Gasteiger partial charge in [0.25, 0.3) is 5.69 Å². The van der Waals surface area contributed by atoms with Crippen LogP contribution < -0.4 is 5.32 Å². The number of nitrogens with zero attached hydrogens (tertiary/aromatic N) is 2. The maximum atomic E-state index is 12.2. The van der Waals surface area contributed by atoms with E-state index in [1.54, 1.807) is 19.1 Å². The lowest BCUT2D eigenvalue weighted by Gasteiger charge is -2.23. The molecule has 0 unspecified atom stereocenters. The highest BCUT2D eigenvalue weighted by Crippen LogP contribution is 2.25. The zero-order valence-corrected chi connectivity index (χ0v) is 15.8. The molecule has 1 rings (SSSR count). The molecule has 0 saturated heterocycles. The van der Waals surface area contributed by atoms with E-state index < -0.39 is 4.92 Å². The number of anilines is 1. The number of methoxy groups -OCH3 is 1. The Balaban J connectivity index is 2.63.